The van der Waals surface area contributed by atoms with Crippen LogP contribution in [0.25, 0.3) is 10.6 Å². The molecule has 2 aromatic heterocycles. The average molecular weight is 340 g/mol. The van der Waals surface area contributed by atoms with Gasteiger partial charge in [0.15, 0.2) is 11.5 Å². The second kappa shape index (κ2) is 7.14. The summed E-state index contributed by atoms with van der Waals surface area (Å²) in [4.78, 5) is 18.0. The van der Waals surface area contributed by atoms with E-state index in [-0.39, 0.29) is 5.91 Å². The number of carbonyl (C=O) groups is 1. The van der Waals surface area contributed by atoms with Crippen molar-refractivity contribution in [2.75, 3.05) is 19.5 Å². The van der Waals surface area contributed by atoms with Crippen molar-refractivity contribution in [2.24, 2.45) is 0 Å². The molecule has 2 heterocycles. The first-order chi connectivity index (χ1) is 11.7. The maximum absolute atomic E-state index is 12.7. The highest BCUT2D eigenvalue weighted by molar-refractivity contribution is 7.13. The number of anilines is 1. The van der Waals surface area contributed by atoms with Crippen molar-refractivity contribution in [1.82, 2.24) is 4.98 Å². The predicted octanol–water partition coefficient (Wildman–Crippen LogP) is 4.08. The lowest BCUT2D eigenvalue weighted by molar-refractivity contribution is 0.102. The third kappa shape index (κ3) is 3.23. The first kappa shape index (κ1) is 16.0. The smallest absolute Gasteiger partial charge is 0.257 e. The van der Waals surface area contributed by atoms with Crippen molar-refractivity contribution in [3.05, 3.63) is 59.6 Å². The van der Waals surface area contributed by atoms with Crippen LogP contribution in [-0.2, 0) is 0 Å². The molecule has 5 nitrogen and oxygen atoms in total. The monoisotopic (exact) mass is 340 g/mol. The van der Waals surface area contributed by atoms with E-state index in [1.807, 2.05) is 17.5 Å². The number of nitrogens with zero attached hydrogens (tertiary/aromatic N) is 1. The van der Waals surface area contributed by atoms with Gasteiger partial charge in [-0.3, -0.25) is 9.78 Å². The van der Waals surface area contributed by atoms with E-state index in [0.29, 0.717) is 28.4 Å². The molecule has 0 saturated heterocycles. The minimum Gasteiger partial charge on any atom is -0.493 e. The zero-order valence-corrected chi connectivity index (χ0v) is 14.1. The number of thiophene rings is 1. The van der Waals surface area contributed by atoms with Crippen molar-refractivity contribution < 1.29 is 14.3 Å². The Bertz CT molecular complexity index is 847. The minimum atomic E-state index is -0.223. The van der Waals surface area contributed by atoms with Gasteiger partial charge in [-0.1, -0.05) is 6.07 Å². The van der Waals surface area contributed by atoms with Gasteiger partial charge in [-0.2, -0.15) is 0 Å². The number of hydrogen-bond acceptors (Lipinski definition) is 5. The number of amides is 1. The van der Waals surface area contributed by atoms with Crippen LogP contribution < -0.4 is 14.8 Å². The van der Waals surface area contributed by atoms with Gasteiger partial charge in [0, 0.05) is 18.0 Å². The molecule has 1 aromatic carbocycles. The molecule has 0 bridgehead atoms. The van der Waals surface area contributed by atoms with Crippen molar-refractivity contribution in [3.63, 3.8) is 0 Å². The number of aromatic nitrogens is 1. The molecule has 0 radical (unpaired) electrons. The zero-order valence-electron chi connectivity index (χ0n) is 13.3. The molecule has 1 N–H and O–H groups in total. The normalized spacial score (nSPS) is 10.2. The van der Waals surface area contributed by atoms with E-state index in [1.54, 1.807) is 62.1 Å². The molecule has 1 amide bonds. The van der Waals surface area contributed by atoms with Gasteiger partial charge in [0.05, 0.1) is 30.4 Å². The Balaban J connectivity index is 1.89. The molecule has 122 valence electrons. The van der Waals surface area contributed by atoms with Crippen LogP contribution in [0.15, 0.2) is 54.0 Å². The summed E-state index contributed by atoms with van der Waals surface area (Å²) in [6, 6.07) is 12.6. The van der Waals surface area contributed by atoms with Gasteiger partial charge in [-0.05, 0) is 35.7 Å². The van der Waals surface area contributed by atoms with Crippen LogP contribution in [0.5, 0.6) is 11.5 Å². The topological polar surface area (TPSA) is 60.5 Å². The number of ether oxygens (including phenoxy) is 2. The molecule has 0 aliphatic heterocycles. The number of pyridine rings is 1. The Morgan fingerprint density at radius 1 is 1.08 bits per heavy atom. The molecule has 0 fully saturated rings. The van der Waals surface area contributed by atoms with E-state index in [9.17, 15) is 4.79 Å². The number of methoxy groups -OCH3 is 2. The van der Waals surface area contributed by atoms with Crippen molar-refractivity contribution in [1.29, 1.82) is 0 Å². The Morgan fingerprint density at radius 3 is 2.62 bits per heavy atom. The fourth-order valence-corrected chi connectivity index (χ4v) is 3.05. The SMILES string of the molecule is COc1ccc(NC(=O)c2cccnc2-c2cccs2)cc1OC. The van der Waals surface area contributed by atoms with Crippen LogP contribution >= 0.6 is 11.3 Å². The summed E-state index contributed by atoms with van der Waals surface area (Å²) in [7, 11) is 3.12. The highest BCUT2D eigenvalue weighted by Crippen LogP contribution is 2.31. The van der Waals surface area contributed by atoms with Gasteiger partial charge >= 0.3 is 0 Å². The van der Waals surface area contributed by atoms with E-state index in [0.717, 1.165) is 4.88 Å². The Morgan fingerprint density at radius 2 is 1.92 bits per heavy atom. The molecule has 24 heavy (non-hydrogen) atoms. The lowest BCUT2D eigenvalue weighted by Crippen LogP contribution is -2.13. The predicted molar refractivity (Wildman–Crippen MR) is 95.0 cm³/mol. The van der Waals surface area contributed by atoms with Gasteiger partial charge in [0.25, 0.3) is 5.91 Å². The standard InChI is InChI=1S/C18H16N2O3S/c1-22-14-8-7-12(11-15(14)23-2)20-18(21)13-5-3-9-19-17(13)16-6-4-10-24-16/h3-11H,1-2H3,(H,20,21). The molecule has 3 aromatic rings. The highest BCUT2D eigenvalue weighted by atomic mass is 32.1. The van der Waals surface area contributed by atoms with E-state index in [2.05, 4.69) is 10.3 Å². The fraction of sp³-hybridized carbons (Fsp3) is 0.111. The molecular formula is C18H16N2O3S. The van der Waals surface area contributed by atoms with Gasteiger partial charge in [-0.25, -0.2) is 0 Å². The summed E-state index contributed by atoms with van der Waals surface area (Å²) in [5.41, 5.74) is 1.82. The molecule has 3 rings (SSSR count). The number of carbonyl (C=O) groups excluding carboxylic acids is 1. The number of nitrogens with one attached hydrogen (secondary N) is 1. The zero-order chi connectivity index (χ0) is 16.9. The van der Waals surface area contributed by atoms with Gasteiger partial charge in [-0.15, -0.1) is 11.3 Å². The number of hydrogen-bond donors (Lipinski definition) is 1. The lowest BCUT2D eigenvalue weighted by atomic mass is 10.1. The first-order valence-electron chi connectivity index (χ1n) is 7.25. The fourth-order valence-electron chi connectivity index (χ4n) is 2.31. The summed E-state index contributed by atoms with van der Waals surface area (Å²) < 4.78 is 10.5. The van der Waals surface area contributed by atoms with Crippen molar-refractivity contribution in [3.8, 4) is 22.1 Å². The second-order valence-electron chi connectivity index (χ2n) is 4.90. The molecule has 0 aliphatic carbocycles. The molecule has 0 saturated carbocycles. The minimum absolute atomic E-state index is 0.223. The average Bonchev–Trinajstić information content (AvgIpc) is 3.16. The molecule has 0 unspecified atom stereocenters. The summed E-state index contributed by atoms with van der Waals surface area (Å²) >= 11 is 1.55. The van der Waals surface area contributed by atoms with E-state index < -0.39 is 0 Å². The van der Waals surface area contributed by atoms with E-state index in [4.69, 9.17) is 9.47 Å². The second-order valence-corrected chi connectivity index (χ2v) is 5.85. The molecule has 0 spiro atoms. The Hall–Kier alpha value is -2.86. The van der Waals surface area contributed by atoms with Gasteiger partial charge in [0.1, 0.15) is 0 Å². The highest BCUT2D eigenvalue weighted by Gasteiger charge is 2.15. The first-order valence-corrected chi connectivity index (χ1v) is 8.13. The van der Waals surface area contributed by atoms with E-state index >= 15 is 0 Å². The summed E-state index contributed by atoms with van der Waals surface area (Å²) in [6.07, 6.45) is 1.68. The summed E-state index contributed by atoms with van der Waals surface area (Å²) in [6.45, 7) is 0. The van der Waals surface area contributed by atoms with Crippen LogP contribution in [0, 0.1) is 0 Å². The van der Waals surface area contributed by atoms with Crippen molar-refractivity contribution in [2.45, 2.75) is 0 Å². The van der Waals surface area contributed by atoms with Gasteiger partial charge in [0.2, 0.25) is 0 Å². The van der Waals surface area contributed by atoms with E-state index in [1.165, 1.54) is 0 Å². The summed E-state index contributed by atoms with van der Waals surface area (Å²) in [5, 5.41) is 4.84. The maximum atomic E-state index is 12.7. The van der Waals surface area contributed by atoms with Crippen LogP contribution in [-0.4, -0.2) is 25.1 Å². The van der Waals surface area contributed by atoms with Crippen LogP contribution in [0.4, 0.5) is 5.69 Å². The lowest BCUT2D eigenvalue weighted by Gasteiger charge is -2.11. The van der Waals surface area contributed by atoms with Crippen LogP contribution in [0.3, 0.4) is 0 Å². The molecular weight excluding hydrogens is 324 g/mol. The third-order valence-corrected chi connectivity index (χ3v) is 4.32. The van der Waals surface area contributed by atoms with Gasteiger partial charge < -0.3 is 14.8 Å². The largest absolute Gasteiger partial charge is 0.493 e. The number of benzene rings is 1. The Kier molecular flexibility index (Phi) is 4.77. The van der Waals surface area contributed by atoms with Crippen LogP contribution in [0.2, 0.25) is 0 Å². The summed E-state index contributed by atoms with van der Waals surface area (Å²) in [5.74, 6) is 0.940. The van der Waals surface area contributed by atoms with Crippen molar-refractivity contribution >= 4 is 22.9 Å². The maximum Gasteiger partial charge on any atom is 0.257 e. The molecule has 0 aliphatic rings. The molecule has 0 atom stereocenters. The third-order valence-electron chi connectivity index (χ3n) is 3.45. The number of rotatable bonds is 5. The molecule has 6 heteroatoms. The Labute approximate surface area is 143 Å². The van der Waals surface area contributed by atoms with Crippen LogP contribution in [0.1, 0.15) is 10.4 Å². The quantitative estimate of drug-likeness (QED) is 0.760.